The normalized spacial score (nSPS) is 10.3. The number of amides is 1. The first-order valence-corrected chi connectivity index (χ1v) is 8.92. The second-order valence-corrected chi connectivity index (χ2v) is 5.93. The number of esters is 1. The van der Waals surface area contributed by atoms with Crippen molar-refractivity contribution in [1.29, 1.82) is 0 Å². The lowest BCUT2D eigenvalue weighted by molar-refractivity contribution is 0.0527. The van der Waals surface area contributed by atoms with E-state index in [1.54, 1.807) is 25.1 Å². The number of carbonyl (C=O) groups excluding carboxylic acids is 2. The molecular weight excluding hydrogens is 374 g/mol. The predicted molar refractivity (Wildman–Crippen MR) is 107 cm³/mol. The molecule has 29 heavy (non-hydrogen) atoms. The van der Waals surface area contributed by atoms with Gasteiger partial charge < -0.3 is 19.5 Å². The van der Waals surface area contributed by atoms with Crippen LogP contribution in [0.3, 0.4) is 0 Å². The molecule has 0 aliphatic rings. The summed E-state index contributed by atoms with van der Waals surface area (Å²) < 4.78 is 17.0. The first-order chi connectivity index (χ1) is 14.1. The first kappa shape index (κ1) is 19.9. The summed E-state index contributed by atoms with van der Waals surface area (Å²) in [5.74, 6) is 0.119. The van der Waals surface area contributed by atoms with Crippen LogP contribution in [0.15, 0.2) is 54.7 Å². The Morgan fingerprint density at radius 3 is 2.28 bits per heavy atom. The SMILES string of the molecule is CCOC(=O)c1cnn(-c2ccccc2)c1NC(=O)c1cc(OC)cc(OC)c1. The molecule has 1 aromatic heterocycles. The topological polar surface area (TPSA) is 91.7 Å². The summed E-state index contributed by atoms with van der Waals surface area (Å²) in [5.41, 5.74) is 1.14. The Morgan fingerprint density at radius 2 is 1.69 bits per heavy atom. The highest BCUT2D eigenvalue weighted by molar-refractivity contribution is 6.07. The van der Waals surface area contributed by atoms with Crippen LogP contribution in [0.4, 0.5) is 5.82 Å². The third-order valence-electron chi connectivity index (χ3n) is 4.11. The van der Waals surface area contributed by atoms with Crippen molar-refractivity contribution in [3.63, 3.8) is 0 Å². The number of para-hydroxylation sites is 1. The summed E-state index contributed by atoms with van der Waals surface area (Å²) in [6, 6.07) is 14.0. The van der Waals surface area contributed by atoms with Gasteiger partial charge in [-0.2, -0.15) is 5.10 Å². The van der Waals surface area contributed by atoms with E-state index in [1.807, 2.05) is 30.3 Å². The van der Waals surface area contributed by atoms with Crippen LogP contribution in [-0.4, -0.2) is 42.5 Å². The Bertz CT molecular complexity index is 992. The number of anilines is 1. The number of rotatable bonds is 7. The standard InChI is InChI=1S/C21H21N3O5/c1-4-29-21(26)18-13-22-24(15-8-6-5-7-9-15)19(18)23-20(25)14-10-16(27-2)12-17(11-14)28-3/h5-13H,4H2,1-3H3,(H,23,25). The average Bonchev–Trinajstić information content (AvgIpc) is 3.17. The van der Waals surface area contributed by atoms with Gasteiger partial charge in [-0.15, -0.1) is 0 Å². The van der Waals surface area contributed by atoms with Gasteiger partial charge >= 0.3 is 5.97 Å². The van der Waals surface area contributed by atoms with Crippen LogP contribution in [0.1, 0.15) is 27.6 Å². The molecule has 3 aromatic rings. The van der Waals surface area contributed by atoms with Crippen LogP contribution in [0.2, 0.25) is 0 Å². The molecule has 1 heterocycles. The fourth-order valence-corrected chi connectivity index (χ4v) is 2.71. The number of hydrogen-bond donors (Lipinski definition) is 1. The molecule has 8 heteroatoms. The number of ether oxygens (including phenoxy) is 3. The molecule has 3 rings (SSSR count). The molecule has 0 unspecified atom stereocenters. The minimum atomic E-state index is -0.576. The summed E-state index contributed by atoms with van der Waals surface area (Å²) in [6.07, 6.45) is 1.37. The van der Waals surface area contributed by atoms with Crippen molar-refractivity contribution in [2.24, 2.45) is 0 Å². The Morgan fingerprint density at radius 1 is 1.03 bits per heavy atom. The molecule has 0 saturated carbocycles. The Hall–Kier alpha value is -3.81. The van der Waals surface area contributed by atoms with Crippen LogP contribution in [0, 0.1) is 0 Å². The van der Waals surface area contributed by atoms with Crippen molar-refractivity contribution < 1.29 is 23.8 Å². The number of hydrogen-bond acceptors (Lipinski definition) is 6. The lowest BCUT2D eigenvalue weighted by atomic mass is 10.2. The van der Waals surface area contributed by atoms with Gasteiger partial charge in [0.2, 0.25) is 0 Å². The number of nitrogens with one attached hydrogen (secondary N) is 1. The minimum absolute atomic E-state index is 0.152. The lowest BCUT2D eigenvalue weighted by Gasteiger charge is -2.12. The van der Waals surface area contributed by atoms with Crippen LogP contribution in [0.25, 0.3) is 5.69 Å². The van der Waals surface area contributed by atoms with Crippen LogP contribution in [0.5, 0.6) is 11.5 Å². The molecular formula is C21H21N3O5. The molecule has 0 aliphatic heterocycles. The highest BCUT2D eigenvalue weighted by atomic mass is 16.5. The summed E-state index contributed by atoms with van der Waals surface area (Å²) >= 11 is 0. The second-order valence-electron chi connectivity index (χ2n) is 5.93. The zero-order valence-corrected chi connectivity index (χ0v) is 16.3. The molecule has 2 aromatic carbocycles. The molecule has 8 nitrogen and oxygen atoms in total. The van der Waals surface area contributed by atoms with Crippen molar-refractivity contribution in [3.8, 4) is 17.2 Å². The smallest absolute Gasteiger partial charge is 0.343 e. The number of benzene rings is 2. The number of nitrogens with zero attached hydrogens (tertiary/aromatic N) is 2. The third kappa shape index (κ3) is 4.37. The molecule has 1 amide bonds. The third-order valence-corrected chi connectivity index (χ3v) is 4.11. The van der Waals surface area contributed by atoms with Gasteiger partial charge in [-0.05, 0) is 31.2 Å². The largest absolute Gasteiger partial charge is 0.497 e. The van der Waals surface area contributed by atoms with E-state index in [0.717, 1.165) is 0 Å². The van der Waals surface area contributed by atoms with Gasteiger partial charge in [0.05, 0.1) is 32.7 Å². The highest BCUT2D eigenvalue weighted by Gasteiger charge is 2.22. The fraction of sp³-hybridized carbons (Fsp3) is 0.190. The zero-order chi connectivity index (χ0) is 20.8. The van der Waals surface area contributed by atoms with Gasteiger partial charge in [0.15, 0.2) is 5.82 Å². The average molecular weight is 395 g/mol. The molecule has 0 saturated heterocycles. The van der Waals surface area contributed by atoms with Crippen LogP contribution in [-0.2, 0) is 4.74 Å². The van der Waals surface area contributed by atoms with E-state index in [2.05, 4.69) is 10.4 Å². The molecule has 1 N–H and O–H groups in total. The summed E-state index contributed by atoms with van der Waals surface area (Å²) in [7, 11) is 3.00. The number of methoxy groups -OCH3 is 2. The van der Waals surface area contributed by atoms with Crippen molar-refractivity contribution in [2.45, 2.75) is 6.92 Å². The second kappa shape index (κ2) is 8.92. The quantitative estimate of drug-likeness (QED) is 0.617. The van der Waals surface area contributed by atoms with E-state index in [-0.39, 0.29) is 18.0 Å². The van der Waals surface area contributed by atoms with Crippen molar-refractivity contribution in [2.75, 3.05) is 26.1 Å². The van der Waals surface area contributed by atoms with E-state index in [4.69, 9.17) is 14.2 Å². The van der Waals surface area contributed by atoms with Gasteiger partial charge in [0, 0.05) is 11.6 Å². The minimum Gasteiger partial charge on any atom is -0.497 e. The van der Waals surface area contributed by atoms with Crippen molar-refractivity contribution in [1.82, 2.24) is 9.78 Å². The molecule has 0 aliphatic carbocycles. The van der Waals surface area contributed by atoms with E-state index in [1.165, 1.54) is 25.1 Å². The van der Waals surface area contributed by atoms with Gasteiger partial charge in [-0.3, -0.25) is 4.79 Å². The van der Waals surface area contributed by atoms with E-state index in [9.17, 15) is 9.59 Å². The predicted octanol–water partition coefficient (Wildman–Crippen LogP) is 3.32. The molecule has 0 bridgehead atoms. The monoisotopic (exact) mass is 395 g/mol. The maximum absolute atomic E-state index is 12.9. The van der Waals surface area contributed by atoms with Gasteiger partial charge in [0.25, 0.3) is 5.91 Å². The van der Waals surface area contributed by atoms with Gasteiger partial charge in [0.1, 0.15) is 17.1 Å². The zero-order valence-electron chi connectivity index (χ0n) is 16.3. The number of aromatic nitrogens is 2. The summed E-state index contributed by atoms with van der Waals surface area (Å²) in [6.45, 7) is 1.91. The molecule has 0 fully saturated rings. The highest BCUT2D eigenvalue weighted by Crippen LogP contribution is 2.25. The Kier molecular flexibility index (Phi) is 6.13. The van der Waals surface area contributed by atoms with Crippen molar-refractivity contribution >= 4 is 17.7 Å². The van der Waals surface area contributed by atoms with Crippen LogP contribution >= 0.6 is 0 Å². The maximum atomic E-state index is 12.9. The molecule has 150 valence electrons. The maximum Gasteiger partial charge on any atom is 0.343 e. The summed E-state index contributed by atoms with van der Waals surface area (Å²) in [4.78, 5) is 25.3. The molecule has 0 spiro atoms. The fourth-order valence-electron chi connectivity index (χ4n) is 2.71. The lowest BCUT2D eigenvalue weighted by Crippen LogP contribution is -2.18. The van der Waals surface area contributed by atoms with Gasteiger partial charge in [-0.1, -0.05) is 18.2 Å². The molecule has 0 radical (unpaired) electrons. The Labute approximate surface area is 168 Å². The van der Waals surface area contributed by atoms with Crippen molar-refractivity contribution in [3.05, 3.63) is 65.9 Å². The van der Waals surface area contributed by atoms with E-state index in [0.29, 0.717) is 22.7 Å². The Balaban J connectivity index is 2.02. The first-order valence-electron chi connectivity index (χ1n) is 8.92. The van der Waals surface area contributed by atoms with E-state index < -0.39 is 11.9 Å². The summed E-state index contributed by atoms with van der Waals surface area (Å²) in [5, 5.41) is 7.02. The van der Waals surface area contributed by atoms with Gasteiger partial charge in [-0.25, -0.2) is 9.48 Å². The van der Waals surface area contributed by atoms with E-state index >= 15 is 0 Å². The van der Waals surface area contributed by atoms with Crippen LogP contribution < -0.4 is 14.8 Å². The molecule has 0 atom stereocenters. The number of carbonyl (C=O) groups is 2.